The summed E-state index contributed by atoms with van der Waals surface area (Å²) in [6, 6.07) is 16.1. The molecule has 0 spiro atoms. The molecule has 2 aromatic rings. The number of hydrogen-bond donors (Lipinski definition) is 1. The number of nitrogens with one attached hydrogen (secondary N) is 1. The highest BCUT2D eigenvalue weighted by Crippen LogP contribution is 2.19. The van der Waals surface area contributed by atoms with Gasteiger partial charge in [-0.3, -0.25) is 0 Å². The van der Waals surface area contributed by atoms with Crippen LogP contribution in [0.2, 0.25) is 0 Å². The number of hydrogen-bond acceptors (Lipinski definition) is 1. The van der Waals surface area contributed by atoms with Gasteiger partial charge in [-0.05, 0) is 41.6 Å². The SMILES string of the molecule is CCCNC(Cc1ccc2ccccc2c1)C(C)CC. The van der Waals surface area contributed by atoms with E-state index in [4.69, 9.17) is 0 Å². The Bertz CT molecular complexity index is 532. The van der Waals surface area contributed by atoms with E-state index in [1.807, 2.05) is 0 Å². The van der Waals surface area contributed by atoms with Crippen LogP contribution in [0.3, 0.4) is 0 Å². The summed E-state index contributed by atoms with van der Waals surface area (Å²) in [6.07, 6.45) is 3.56. The van der Waals surface area contributed by atoms with E-state index in [0.717, 1.165) is 13.0 Å². The molecule has 2 aromatic carbocycles. The summed E-state index contributed by atoms with van der Waals surface area (Å²) in [4.78, 5) is 0. The van der Waals surface area contributed by atoms with Crippen LogP contribution in [-0.2, 0) is 6.42 Å². The van der Waals surface area contributed by atoms with Crippen molar-refractivity contribution in [1.29, 1.82) is 0 Å². The first kappa shape index (κ1) is 15.1. The van der Waals surface area contributed by atoms with Crippen molar-refractivity contribution in [1.82, 2.24) is 5.32 Å². The first-order chi connectivity index (χ1) is 9.74. The van der Waals surface area contributed by atoms with E-state index in [9.17, 15) is 0 Å². The number of rotatable bonds is 7. The zero-order chi connectivity index (χ0) is 14.4. The Morgan fingerprint density at radius 1 is 1.00 bits per heavy atom. The summed E-state index contributed by atoms with van der Waals surface area (Å²) < 4.78 is 0. The number of benzene rings is 2. The van der Waals surface area contributed by atoms with E-state index in [1.54, 1.807) is 0 Å². The summed E-state index contributed by atoms with van der Waals surface area (Å²) in [5, 5.41) is 6.40. The van der Waals surface area contributed by atoms with Crippen LogP contribution < -0.4 is 5.32 Å². The first-order valence-corrected chi connectivity index (χ1v) is 7.95. The smallest absolute Gasteiger partial charge is 0.0133 e. The minimum Gasteiger partial charge on any atom is -0.313 e. The van der Waals surface area contributed by atoms with E-state index in [2.05, 4.69) is 68.6 Å². The number of fused-ring (bicyclic) bond motifs is 1. The van der Waals surface area contributed by atoms with Gasteiger partial charge in [-0.15, -0.1) is 0 Å². The van der Waals surface area contributed by atoms with Crippen LogP contribution in [0.25, 0.3) is 10.8 Å². The van der Waals surface area contributed by atoms with Gasteiger partial charge < -0.3 is 5.32 Å². The first-order valence-electron chi connectivity index (χ1n) is 7.95. The molecule has 0 aliphatic rings. The quantitative estimate of drug-likeness (QED) is 0.761. The molecule has 0 saturated carbocycles. The lowest BCUT2D eigenvalue weighted by Crippen LogP contribution is -2.37. The maximum atomic E-state index is 3.72. The maximum Gasteiger partial charge on any atom is 0.0133 e. The third-order valence-electron chi connectivity index (χ3n) is 4.26. The second kappa shape index (κ2) is 7.44. The van der Waals surface area contributed by atoms with Crippen molar-refractivity contribution in [3.8, 4) is 0 Å². The Kier molecular flexibility index (Phi) is 5.60. The highest BCUT2D eigenvalue weighted by Gasteiger charge is 2.15. The standard InChI is InChI=1S/C19H27N/c1-4-12-20-19(15(3)5-2)14-16-10-11-17-8-6-7-9-18(17)13-16/h6-11,13,15,19-20H,4-5,12,14H2,1-3H3. The molecule has 2 rings (SSSR count). The van der Waals surface area contributed by atoms with Crippen molar-refractivity contribution < 1.29 is 0 Å². The van der Waals surface area contributed by atoms with E-state index >= 15 is 0 Å². The molecule has 2 unspecified atom stereocenters. The van der Waals surface area contributed by atoms with E-state index < -0.39 is 0 Å². The van der Waals surface area contributed by atoms with Crippen LogP contribution in [0.15, 0.2) is 42.5 Å². The van der Waals surface area contributed by atoms with E-state index in [-0.39, 0.29) is 0 Å². The highest BCUT2D eigenvalue weighted by molar-refractivity contribution is 5.82. The minimum absolute atomic E-state index is 0.584. The van der Waals surface area contributed by atoms with Crippen molar-refractivity contribution in [2.45, 2.75) is 46.1 Å². The molecule has 1 heteroatoms. The van der Waals surface area contributed by atoms with Crippen molar-refractivity contribution in [2.24, 2.45) is 5.92 Å². The Morgan fingerprint density at radius 3 is 2.45 bits per heavy atom. The summed E-state index contributed by atoms with van der Waals surface area (Å²) >= 11 is 0. The topological polar surface area (TPSA) is 12.0 Å². The highest BCUT2D eigenvalue weighted by atomic mass is 14.9. The minimum atomic E-state index is 0.584. The summed E-state index contributed by atoms with van der Waals surface area (Å²) in [5.41, 5.74) is 1.44. The van der Waals surface area contributed by atoms with Gasteiger partial charge in [0.25, 0.3) is 0 Å². The second-order valence-corrected chi connectivity index (χ2v) is 5.83. The van der Waals surface area contributed by atoms with Crippen LogP contribution in [-0.4, -0.2) is 12.6 Å². The molecule has 2 atom stereocenters. The van der Waals surface area contributed by atoms with Gasteiger partial charge in [0.05, 0.1) is 0 Å². The maximum absolute atomic E-state index is 3.72. The van der Waals surface area contributed by atoms with Crippen LogP contribution in [0.4, 0.5) is 0 Å². The predicted molar refractivity (Wildman–Crippen MR) is 89.2 cm³/mol. The molecule has 0 heterocycles. The molecule has 0 aliphatic heterocycles. The van der Waals surface area contributed by atoms with Gasteiger partial charge in [0.15, 0.2) is 0 Å². The Hall–Kier alpha value is -1.34. The summed E-state index contributed by atoms with van der Waals surface area (Å²) in [5.74, 6) is 0.716. The van der Waals surface area contributed by atoms with E-state index in [1.165, 1.54) is 29.2 Å². The van der Waals surface area contributed by atoms with Gasteiger partial charge in [0.1, 0.15) is 0 Å². The molecule has 0 aromatic heterocycles. The molecule has 0 fully saturated rings. The van der Waals surface area contributed by atoms with Crippen molar-refractivity contribution >= 4 is 10.8 Å². The average molecular weight is 269 g/mol. The largest absolute Gasteiger partial charge is 0.313 e. The van der Waals surface area contributed by atoms with Gasteiger partial charge in [0.2, 0.25) is 0 Å². The van der Waals surface area contributed by atoms with Crippen LogP contribution in [0.5, 0.6) is 0 Å². The van der Waals surface area contributed by atoms with Crippen LogP contribution in [0, 0.1) is 5.92 Å². The van der Waals surface area contributed by atoms with Crippen LogP contribution in [0.1, 0.15) is 39.2 Å². The van der Waals surface area contributed by atoms with Crippen molar-refractivity contribution in [3.05, 3.63) is 48.0 Å². The fourth-order valence-electron chi connectivity index (χ4n) is 2.71. The van der Waals surface area contributed by atoms with Gasteiger partial charge >= 0.3 is 0 Å². The molecule has 1 nitrogen and oxygen atoms in total. The molecular weight excluding hydrogens is 242 g/mol. The Labute approximate surface area is 123 Å². The average Bonchev–Trinajstić information content (AvgIpc) is 2.50. The molecule has 0 bridgehead atoms. The zero-order valence-corrected chi connectivity index (χ0v) is 13.0. The lowest BCUT2D eigenvalue weighted by atomic mass is 9.92. The Morgan fingerprint density at radius 2 is 1.75 bits per heavy atom. The normalized spacial score (nSPS) is 14.3. The third-order valence-corrected chi connectivity index (χ3v) is 4.26. The van der Waals surface area contributed by atoms with Crippen molar-refractivity contribution in [2.75, 3.05) is 6.54 Å². The van der Waals surface area contributed by atoms with Crippen molar-refractivity contribution in [3.63, 3.8) is 0 Å². The molecule has 0 amide bonds. The second-order valence-electron chi connectivity index (χ2n) is 5.83. The molecule has 20 heavy (non-hydrogen) atoms. The Balaban J connectivity index is 2.14. The molecule has 0 saturated heterocycles. The van der Waals surface area contributed by atoms with Gasteiger partial charge in [-0.2, -0.15) is 0 Å². The molecule has 108 valence electrons. The fourth-order valence-corrected chi connectivity index (χ4v) is 2.71. The summed E-state index contributed by atoms with van der Waals surface area (Å²) in [6.45, 7) is 7.99. The van der Waals surface area contributed by atoms with Gasteiger partial charge in [0, 0.05) is 6.04 Å². The van der Waals surface area contributed by atoms with Crippen LogP contribution >= 0.6 is 0 Å². The fraction of sp³-hybridized carbons (Fsp3) is 0.474. The monoisotopic (exact) mass is 269 g/mol. The third kappa shape index (κ3) is 3.83. The molecular formula is C19H27N. The zero-order valence-electron chi connectivity index (χ0n) is 13.0. The molecule has 1 N–H and O–H groups in total. The van der Waals surface area contributed by atoms with E-state index in [0.29, 0.717) is 12.0 Å². The molecule has 0 aliphatic carbocycles. The lowest BCUT2D eigenvalue weighted by Gasteiger charge is -2.24. The van der Waals surface area contributed by atoms with Gasteiger partial charge in [-0.25, -0.2) is 0 Å². The summed E-state index contributed by atoms with van der Waals surface area (Å²) in [7, 11) is 0. The predicted octanol–water partition coefficient (Wildman–Crippen LogP) is 4.80. The molecule has 0 radical (unpaired) electrons. The lowest BCUT2D eigenvalue weighted by molar-refractivity contribution is 0.365. The van der Waals surface area contributed by atoms with Gasteiger partial charge in [-0.1, -0.05) is 69.7 Å².